The molecule has 0 spiro atoms. The first kappa shape index (κ1) is 12.3. The minimum absolute atomic E-state index is 0.0668. The molecule has 0 aliphatic carbocycles. The summed E-state index contributed by atoms with van der Waals surface area (Å²) in [5.41, 5.74) is 0.284. The van der Waals surface area contributed by atoms with Crippen LogP contribution in [0.2, 0.25) is 5.02 Å². The molecular formula is C12H8ClFN2O2. The number of rotatable bonds is 3. The minimum Gasteiger partial charge on any atom is -0.478 e. The molecule has 0 amide bonds. The van der Waals surface area contributed by atoms with Crippen molar-refractivity contribution < 1.29 is 14.3 Å². The van der Waals surface area contributed by atoms with Crippen LogP contribution in [0.4, 0.5) is 15.9 Å². The average molecular weight is 267 g/mol. The molecule has 0 bridgehead atoms. The highest BCUT2D eigenvalue weighted by molar-refractivity contribution is 6.30. The second-order valence-electron chi connectivity index (χ2n) is 3.49. The molecule has 6 heteroatoms. The van der Waals surface area contributed by atoms with Crippen molar-refractivity contribution in [3.05, 3.63) is 52.9 Å². The smallest absolute Gasteiger partial charge is 0.337 e. The normalized spacial score (nSPS) is 10.1. The fraction of sp³-hybridized carbons (Fsp3) is 0. The number of pyridine rings is 1. The van der Waals surface area contributed by atoms with Crippen LogP contribution < -0.4 is 5.32 Å². The van der Waals surface area contributed by atoms with Crippen LogP contribution in [0.5, 0.6) is 0 Å². The second-order valence-corrected chi connectivity index (χ2v) is 3.92. The summed E-state index contributed by atoms with van der Waals surface area (Å²) < 4.78 is 13.5. The van der Waals surface area contributed by atoms with Crippen LogP contribution in [0.1, 0.15) is 10.4 Å². The number of nitrogens with zero attached hydrogens (tertiary/aromatic N) is 1. The summed E-state index contributed by atoms with van der Waals surface area (Å²) in [6, 6.07) is 7.03. The van der Waals surface area contributed by atoms with Crippen molar-refractivity contribution in [1.82, 2.24) is 4.98 Å². The predicted molar refractivity (Wildman–Crippen MR) is 65.9 cm³/mol. The molecule has 0 radical (unpaired) electrons. The van der Waals surface area contributed by atoms with E-state index >= 15 is 0 Å². The van der Waals surface area contributed by atoms with Gasteiger partial charge < -0.3 is 10.4 Å². The van der Waals surface area contributed by atoms with Gasteiger partial charge in [-0.2, -0.15) is 0 Å². The summed E-state index contributed by atoms with van der Waals surface area (Å²) in [5, 5.41) is 11.7. The average Bonchev–Trinajstić information content (AvgIpc) is 2.33. The molecule has 0 aliphatic rings. The molecule has 0 aliphatic heterocycles. The van der Waals surface area contributed by atoms with Gasteiger partial charge in [0.05, 0.1) is 11.3 Å². The van der Waals surface area contributed by atoms with Crippen LogP contribution in [-0.4, -0.2) is 16.1 Å². The lowest BCUT2D eigenvalue weighted by Crippen LogP contribution is -2.00. The van der Waals surface area contributed by atoms with Crippen LogP contribution in [0.3, 0.4) is 0 Å². The maximum absolute atomic E-state index is 13.5. The molecule has 2 rings (SSSR count). The molecule has 0 atom stereocenters. The third kappa shape index (κ3) is 2.75. The first-order chi connectivity index (χ1) is 8.56. The van der Waals surface area contributed by atoms with Crippen LogP contribution in [-0.2, 0) is 0 Å². The van der Waals surface area contributed by atoms with E-state index in [0.717, 1.165) is 0 Å². The Bertz CT molecular complexity index is 587. The molecule has 1 heterocycles. The maximum Gasteiger partial charge on any atom is 0.337 e. The van der Waals surface area contributed by atoms with Gasteiger partial charge in [-0.3, -0.25) is 0 Å². The lowest BCUT2D eigenvalue weighted by Gasteiger charge is -2.06. The van der Waals surface area contributed by atoms with Crippen molar-refractivity contribution in [1.29, 1.82) is 0 Å². The van der Waals surface area contributed by atoms with Crippen LogP contribution >= 0.6 is 11.6 Å². The van der Waals surface area contributed by atoms with E-state index in [0.29, 0.717) is 10.8 Å². The number of hydrogen-bond donors (Lipinski definition) is 2. The van der Waals surface area contributed by atoms with Crippen LogP contribution in [0, 0.1) is 5.82 Å². The van der Waals surface area contributed by atoms with Crippen molar-refractivity contribution in [2.24, 2.45) is 0 Å². The lowest BCUT2D eigenvalue weighted by molar-refractivity contribution is 0.0696. The fourth-order valence-electron chi connectivity index (χ4n) is 1.32. The summed E-state index contributed by atoms with van der Waals surface area (Å²) in [6.45, 7) is 0. The van der Waals surface area contributed by atoms with Gasteiger partial charge in [-0.05, 0) is 30.3 Å². The largest absolute Gasteiger partial charge is 0.478 e. The highest BCUT2D eigenvalue weighted by Crippen LogP contribution is 2.21. The van der Waals surface area contributed by atoms with Crippen molar-refractivity contribution in [2.45, 2.75) is 0 Å². The van der Waals surface area contributed by atoms with E-state index in [9.17, 15) is 9.18 Å². The number of carboxylic acid groups (broad SMARTS) is 1. The molecule has 0 fully saturated rings. The quantitative estimate of drug-likeness (QED) is 0.895. The highest BCUT2D eigenvalue weighted by atomic mass is 35.5. The van der Waals surface area contributed by atoms with Gasteiger partial charge in [0.1, 0.15) is 11.6 Å². The molecule has 0 saturated carbocycles. The zero-order valence-electron chi connectivity index (χ0n) is 9.02. The number of halogens is 2. The zero-order chi connectivity index (χ0) is 13.1. The number of anilines is 2. The fourth-order valence-corrected chi connectivity index (χ4v) is 1.48. The Balaban J connectivity index is 2.21. The van der Waals surface area contributed by atoms with Crippen molar-refractivity contribution in [3.8, 4) is 0 Å². The van der Waals surface area contributed by atoms with Crippen LogP contribution in [0.25, 0.3) is 0 Å². The van der Waals surface area contributed by atoms with Gasteiger partial charge in [0.25, 0.3) is 0 Å². The number of nitrogens with one attached hydrogen (secondary N) is 1. The molecule has 18 heavy (non-hydrogen) atoms. The SMILES string of the molecule is O=C(O)c1ccc(Nc2ccc(Cl)cc2F)nc1. The van der Waals surface area contributed by atoms with Crippen molar-refractivity contribution in [2.75, 3.05) is 5.32 Å². The van der Waals surface area contributed by atoms with Gasteiger partial charge in [0.15, 0.2) is 0 Å². The zero-order valence-corrected chi connectivity index (χ0v) is 9.78. The van der Waals surface area contributed by atoms with Gasteiger partial charge in [-0.1, -0.05) is 11.6 Å². The molecule has 92 valence electrons. The monoisotopic (exact) mass is 266 g/mol. The van der Waals surface area contributed by atoms with Gasteiger partial charge in [-0.25, -0.2) is 14.2 Å². The Morgan fingerprint density at radius 3 is 2.67 bits per heavy atom. The summed E-state index contributed by atoms with van der Waals surface area (Å²) in [6.07, 6.45) is 1.19. The third-order valence-electron chi connectivity index (χ3n) is 2.20. The number of hydrogen-bond acceptors (Lipinski definition) is 3. The highest BCUT2D eigenvalue weighted by Gasteiger charge is 2.06. The Kier molecular flexibility index (Phi) is 3.43. The third-order valence-corrected chi connectivity index (χ3v) is 2.44. The van der Waals surface area contributed by atoms with E-state index < -0.39 is 11.8 Å². The number of aromatic nitrogens is 1. The first-order valence-corrected chi connectivity index (χ1v) is 5.35. The standard InChI is InChI=1S/C12H8ClFN2O2/c13-8-2-3-10(9(14)5-8)16-11-4-1-7(6-15-11)12(17)18/h1-6H,(H,15,16)(H,17,18). The first-order valence-electron chi connectivity index (χ1n) is 4.97. The Morgan fingerprint density at radius 2 is 2.11 bits per heavy atom. The summed E-state index contributed by atoms with van der Waals surface area (Å²) in [5.74, 6) is -1.22. The van der Waals surface area contributed by atoms with E-state index in [4.69, 9.17) is 16.7 Å². The minimum atomic E-state index is -1.06. The molecule has 1 aromatic heterocycles. The molecule has 1 aromatic carbocycles. The van der Waals surface area contributed by atoms with Crippen molar-refractivity contribution in [3.63, 3.8) is 0 Å². The summed E-state index contributed by atoms with van der Waals surface area (Å²) >= 11 is 5.63. The number of carboxylic acids is 1. The molecule has 4 nitrogen and oxygen atoms in total. The van der Waals surface area contributed by atoms with Gasteiger partial charge in [0.2, 0.25) is 0 Å². The molecule has 2 aromatic rings. The van der Waals surface area contributed by atoms with Crippen molar-refractivity contribution >= 4 is 29.1 Å². The van der Waals surface area contributed by atoms with E-state index in [1.54, 1.807) is 6.07 Å². The maximum atomic E-state index is 13.5. The van der Waals surface area contributed by atoms with Crippen LogP contribution in [0.15, 0.2) is 36.5 Å². The van der Waals surface area contributed by atoms with Gasteiger partial charge >= 0.3 is 5.97 Å². The Labute approximate surface area is 107 Å². The summed E-state index contributed by atoms with van der Waals surface area (Å²) in [7, 11) is 0. The lowest BCUT2D eigenvalue weighted by atomic mass is 10.2. The summed E-state index contributed by atoms with van der Waals surface area (Å²) in [4.78, 5) is 14.5. The second kappa shape index (κ2) is 5.01. The molecule has 2 N–H and O–H groups in total. The Morgan fingerprint density at radius 1 is 1.33 bits per heavy atom. The molecule has 0 saturated heterocycles. The molecule has 0 unspecified atom stereocenters. The number of carbonyl (C=O) groups is 1. The number of benzene rings is 1. The van der Waals surface area contributed by atoms with E-state index in [1.165, 1.54) is 30.5 Å². The van der Waals surface area contributed by atoms with E-state index in [1.807, 2.05) is 0 Å². The van der Waals surface area contributed by atoms with E-state index in [2.05, 4.69) is 10.3 Å². The predicted octanol–water partition coefficient (Wildman–Crippen LogP) is 3.32. The topological polar surface area (TPSA) is 62.2 Å². The molecular weight excluding hydrogens is 259 g/mol. The van der Waals surface area contributed by atoms with Gasteiger partial charge in [0, 0.05) is 11.2 Å². The van der Waals surface area contributed by atoms with E-state index in [-0.39, 0.29) is 11.3 Å². The number of aromatic carboxylic acids is 1. The Hall–Kier alpha value is -2.14. The van der Waals surface area contributed by atoms with Gasteiger partial charge in [-0.15, -0.1) is 0 Å².